The SMILES string of the molecule is Cc1cc(OS(=O)(=O)C(F)(F)F)cc2c1C(C)(C)CC21CCCCC1. The molecular formula is C18H23F3O3S. The standard InChI is InChI=1S/C18H23F3O3S/c1-12-9-13(24-25(22,23)18(19,20)21)10-14-15(12)16(2,3)11-17(14)7-5-4-6-8-17/h9-10H,4-8,11H2,1-3H3. The minimum atomic E-state index is -5.66. The molecule has 3 nitrogen and oxygen atoms in total. The van der Waals surface area contributed by atoms with Gasteiger partial charge in [-0.15, -0.1) is 0 Å². The average molecular weight is 376 g/mol. The Morgan fingerprint density at radius 1 is 1.08 bits per heavy atom. The molecule has 2 aliphatic carbocycles. The molecule has 1 aromatic carbocycles. The minimum Gasteiger partial charge on any atom is -0.376 e. The van der Waals surface area contributed by atoms with E-state index in [-0.39, 0.29) is 16.6 Å². The van der Waals surface area contributed by atoms with Crippen LogP contribution in [-0.2, 0) is 20.9 Å². The van der Waals surface area contributed by atoms with Crippen molar-refractivity contribution in [2.45, 2.75) is 75.6 Å². The summed E-state index contributed by atoms with van der Waals surface area (Å²) in [6.45, 7) is 6.11. The van der Waals surface area contributed by atoms with Gasteiger partial charge in [0.15, 0.2) is 0 Å². The Labute approximate surface area is 146 Å². The first-order valence-corrected chi connectivity index (χ1v) is 9.95. The second kappa shape index (κ2) is 5.63. The Morgan fingerprint density at radius 3 is 2.24 bits per heavy atom. The van der Waals surface area contributed by atoms with Gasteiger partial charge >= 0.3 is 15.6 Å². The first-order chi connectivity index (χ1) is 11.4. The maximum Gasteiger partial charge on any atom is 0.534 e. The zero-order valence-corrected chi connectivity index (χ0v) is 15.5. The van der Waals surface area contributed by atoms with Gasteiger partial charge in [0, 0.05) is 0 Å². The largest absolute Gasteiger partial charge is 0.534 e. The van der Waals surface area contributed by atoms with Crippen LogP contribution in [0.3, 0.4) is 0 Å². The molecule has 0 aromatic heterocycles. The monoisotopic (exact) mass is 376 g/mol. The van der Waals surface area contributed by atoms with Crippen molar-refractivity contribution in [2.75, 3.05) is 0 Å². The Bertz CT molecular complexity index is 789. The van der Waals surface area contributed by atoms with Crippen LogP contribution in [0.2, 0.25) is 0 Å². The third kappa shape index (κ3) is 3.04. The zero-order valence-electron chi connectivity index (χ0n) is 14.7. The van der Waals surface area contributed by atoms with E-state index in [4.69, 9.17) is 0 Å². The lowest BCUT2D eigenvalue weighted by Gasteiger charge is -2.36. The van der Waals surface area contributed by atoms with Crippen LogP contribution in [0.5, 0.6) is 5.75 Å². The van der Waals surface area contributed by atoms with Crippen molar-refractivity contribution in [1.82, 2.24) is 0 Å². The molecule has 25 heavy (non-hydrogen) atoms. The minimum absolute atomic E-state index is 0.0802. The van der Waals surface area contributed by atoms with Gasteiger partial charge in [0.1, 0.15) is 5.75 Å². The van der Waals surface area contributed by atoms with Crippen molar-refractivity contribution in [2.24, 2.45) is 0 Å². The molecular weight excluding hydrogens is 353 g/mol. The summed E-state index contributed by atoms with van der Waals surface area (Å²) in [6, 6.07) is 2.94. The third-order valence-electron chi connectivity index (χ3n) is 5.64. The summed E-state index contributed by atoms with van der Waals surface area (Å²) < 4.78 is 65.1. The summed E-state index contributed by atoms with van der Waals surface area (Å²) in [5.74, 6) is -0.240. The summed E-state index contributed by atoms with van der Waals surface area (Å²) in [5, 5.41) is 0. The van der Waals surface area contributed by atoms with Crippen molar-refractivity contribution >= 4 is 10.1 Å². The molecule has 0 atom stereocenters. The topological polar surface area (TPSA) is 43.4 Å². The predicted octanol–water partition coefficient (Wildman–Crippen LogP) is 5.11. The van der Waals surface area contributed by atoms with Crippen LogP contribution < -0.4 is 4.18 Å². The summed E-state index contributed by atoms with van der Waals surface area (Å²) in [7, 11) is -5.66. The number of fused-ring (bicyclic) bond motifs is 2. The highest BCUT2D eigenvalue weighted by atomic mass is 32.2. The number of hydrogen-bond acceptors (Lipinski definition) is 3. The number of alkyl halides is 3. The van der Waals surface area contributed by atoms with E-state index in [1.165, 1.54) is 12.1 Å². The lowest BCUT2D eigenvalue weighted by molar-refractivity contribution is -0.0500. The molecule has 0 aliphatic heterocycles. The van der Waals surface area contributed by atoms with E-state index < -0.39 is 15.6 Å². The van der Waals surface area contributed by atoms with Crippen molar-refractivity contribution in [3.63, 3.8) is 0 Å². The Balaban J connectivity index is 2.10. The lowest BCUT2D eigenvalue weighted by atomic mass is 9.69. The molecule has 3 rings (SSSR count). The van der Waals surface area contributed by atoms with E-state index in [9.17, 15) is 21.6 Å². The van der Waals surface area contributed by atoms with Crippen molar-refractivity contribution in [3.8, 4) is 5.75 Å². The number of halogens is 3. The van der Waals surface area contributed by atoms with Gasteiger partial charge < -0.3 is 4.18 Å². The molecule has 0 bridgehead atoms. The summed E-state index contributed by atoms with van der Waals surface area (Å²) >= 11 is 0. The van der Waals surface area contributed by atoms with Crippen LogP contribution in [0.15, 0.2) is 12.1 Å². The molecule has 2 aliphatic rings. The summed E-state index contributed by atoms with van der Waals surface area (Å²) in [5.41, 5.74) is -2.70. The molecule has 0 radical (unpaired) electrons. The van der Waals surface area contributed by atoms with E-state index in [1.54, 1.807) is 0 Å². The number of aryl methyl sites for hydroxylation is 1. The molecule has 7 heteroatoms. The van der Waals surface area contributed by atoms with Crippen LogP contribution in [-0.4, -0.2) is 13.9 Å². The highest BCUT2D eigenvalue weighted by Gasteiger charge is 2.51. The van der Waals surface area contributed by atoms with Crippen LogP contribution in [0, 0.1) is 6.92 Å². The number of hydrogen-bond donors (Lipinski definition) is 0. The van der Waals surface area contributed by atoms with E-state index in [0.717, 1.165) is 55.2 Å². The van der Waals surface area contributed by atoms with Gasteiger partial charge in [0.25, 0.3) is 0 Å². The maximum atomic E-state index is 12.7. The fraction of sp³-hybridized carbons (Fsp3) is 0.667. The molecule has 1 aromatic rings. The van der Waals surface area contributed by atoms with E-state index >= 15 is 0 Å². The molecule has 1 saturated carbocycles. The van der Waals surface area contributed by atoms with Crippen molar-refractivity contribution in [1.29, 1.82) is 0 Å². The van der Waals surface area contributed by atoms with Crippen LogP contribution in [0.4, 0.5) is 13.2 Å². The highest BCUT2D eigenvalue weighted by Crippen LogP contribution is 2.57. The van der Waals surface area contributed by atoms with Crippen LogP contribution in [0.1, 0.15) is 69.1 Å². The second-order valence-electron chi connectivity index (χ2n) is 8.05. The number of rotatable bonds is 2. The van der Waals surface area contributed by atoms with Gasteiger partial charge in [-0.05, 0) is 65.8 Å². The normalized spacial score (nSPS) is 22.0. The quantitative estimate of drug-likeness (QED) is 0.532. The molecule has 0 unspecified atom stereocenters. The first-order valence-electron chi connectivity index (χ1n) is 8.54. The molecule has 0 heterocycles. The van der Waals surface area contributed by atoms with Gasteiger partial charge in [0.2, 0.25) is 0 Å². The van der Waals surface area contributed by atoms with Gasteiger partial charge in [-0.2, -0.15) is 21.6 Å². The predicted molar refractivity (Wildman–Crippen MR) is 89.2 cm³/mol. The maximum absolute atomic E-state index is 12.7. The third-order valence-corrected chi connectivity index (χ3v) is 6.62. The van der Waals surface area contributed by atoms with E-state index in [0.29, 0.717) is 0 Å². The van der Waals surface area contributed by atoms with Crippen LogP contribution >= 0.6 is 0 Å². The fourth-order valence-electron chi connectivity index (χ4n) is 5.00. The van der Waals surface area contributed by atoms with E-state index in [2.05, 4.69) is 18.0 Å². The Morgan fingerprint density at radius 2 is 1.68 bits per heavy atom. The zero-order chi connectivity index (χ0) is 18.7. The molecule has 1 spiro atoms. The Hall–Kier alpha value is -1.24. The highest BCUT2D eigenvalue weighted by molar-refractivity contribution is 7.88. The molecule has 140 valence electrons. The van der Waals surface area contributed by atoms with Gasteiger partial charge in [-0.1, -0.05) is 33.1 Å². The van der Waals surface area contributed by atoms with Crippen molar-refractivity contribution in [3.05, 3.63) is 28.8 Å². The molecule has 0 N–H and O–H groups in total. The second-order valence-corrected chi connectivity index (χ2v) is 9.59. The van der Waals surface area contributed by atoms with E-state index in [1.807, 2.05) is 6.92 Å². The van der Waals surface area contributed by atoms with Crippen LogP contribution in [0.25, 0.3) is 0 Å². The summed E-state index contributed by atoms with van der Waals surface area (Å²) in [6.07, 6.45) is 6.23. The summed E-state index contributed by atoms with van der Waals surface area (Å²) in [4.78, 5) is 0. The first kappa shape index (κ1) is 18.5. The average Bonchev–Trinajstić information content (AvgIpc) is 2.65. The Kier molecular flexibility index (Phi) is 4.18. The van der Waals surface area contributed by atoms with Gasteiger partial charge in [-0.25, -0.2) is 0 Å². The molecule has 1 fully saturated rings. The fourth-order valence-corrected chi connectivity index (χ4v) is 5.44. The number of benzene rings is 1. The van der Waals surface area contributed by atoms with Gasteiger partial charge in [-0.3, -0.25) is 0 Å². The molecule has 0 saturated heterocycles. The molecule has 0 amide bonds. The smallest absolute Gasteiger partial charge is 0.376 e. The van der Waals surface area contributed by atoms with Crippen molar-refractivity contribution < 1.29 is 25.8 Å². The lowest BCUT2D eigenvalue weighted by Crippen LogP contribution is -2.29. The van der Waals surface area contributed by atoms with Gasteiger partial charge in [0.05, 0.1) is 0 Å².